The van der Waals surface area contributed by atoms with Crippen molar-refractivity contribution in [2.24, 2.45) is 5.92 Å². The molecule has 1 amide bonds. The van der Waals surface area contributed by atoms with E-state index in [2.05, 4.69) is 31.9 Å². The molecule has 1 unspecified atom stereocenters. The van der Waals surface area contributed by atoms with E-state index in [1.807, 2.05) is 23.1 Å². The summed E-state index contributed by atoms with van der Waals surface area (Å²) in [6.45, 7) is 6.92. The molecule has 1 aromatic rings. The van der Waals surface area contributed by atoms with Crippen LogP contribution in [0.1, 0.15) is 32.3 Å². The minimum absolute atomic E-state index is 0.300. The molecule has 0 bridgehead atoms. The highest BCUT2D eigenvalue weighted by Gasteiger charge is 2.27. The van der Waals surface area contributed by atoms with Gasteiger partial charge in [0.1, 0.15) is 0 Å². The summed E-state index contributed by atoms with van der Waals surface area (Å²) >= 11 is 6.22. The van der Waals surface area contributed by atoms with Crippen LogP contribution in [0.2, 0.25) is 5.02 Å². The fourth-order valence-electron chi connectivity index (χ4n) is 3.01. The highest BCUT2D eigenvalue weighted by molar-refractivity contribution is 6.31. The number of benzene rings is 1. The van der Waals surface area contributed by atoms with E-state index < -0.39 is 0 Å². The number of hydrogen-bond acceptors (Lipinski definition) is 2. The van der Waals surface area contributed by atoms with Gasteiger partial charge in [0.15, 0.2) is 0 Å². The fraction of sp³-hybridized carbons (Fsp3) is 0.588. The molecule has 4 heteroatoms. The summed E-state index contributed by atoms with van der Waals surface area (Å²) in [5.41, 5.74) is 1.16. The molecule has 1 heterocycles. The van der Waals surface area contributed by atoms with Gasteiger partial charge in [0.25, 0.3) is 0 Å². The topological polar surface area (TPSA) is 23.6 Å². The molecule has 1 atom stereocenters. The van der Waals surface area contributed by atoms with Gasteiger partial charge in [0.05, 0.1) is 0 Å². The molecule has 1 saturated heterocycles. The van der Waals surface area contributed by atoms with Crippen molar-refractivity contribution in [1.82, 2.24) is 9.80 Å². The van der Waals surface area contributed by atoms with Crippen molar-refractivity contribution in [1.29, 1.82) is 0 Å². The quantitative estimate of drug-likeness (QED) is 0.832. The van der Waals surface area contributed by atoms with Gasteiger partial charge in [0, 0.05) is 37.1 Å². The molecular weight excluding hydrogens is 284 g/mol. The number of carbonyl (C=O) groups excluding carboxylic acids is 1. The Morgan fingerprint density at radius 1 is 1.38 bits per heavy atom. The summed E-state index contributed by atoms with van der Waals surface area (Å²) in [4.78, 5) is 16.2. The van der Waals surface area contributed by atoms with Gasteiger partial charge in [-0.1, -0.05) is 29.8 Å². The number of piperidine rings is 1. The SMILES string of the molecule is CC(C)N1CC(CN(C)Cc2ccccc2Cl)CCC1=O. The van der Waals surface area contributed by atoms with Crippen LogP contribution in [0.5, 0.6) is 0 Å². The van der Waals surface area contributed by atoms with Crippen LogP contribution in [-0.4, -0.2) is 41.9 Å². The third kappa shape index (κ3) is 4.45. The average molecular weight is 309 g/mol. The van der Waals surface area contributed by atoms with Gasteiger partial charge in [-0.25, -0.2) is 0 Å². The lowest BCUT2D eigenvalue weighted by Gasteiger charge is -2.37. The summed E-state index contributed by atoms with van der Waals surface area (Å²) in [5.74, 6) is 0.854. The van der Waals surface area contributed by atoms with E-state index in [1.165, 1.54) is 0 Å². The van der Waals surface area contributed by atoms with E-state index in [1.54, 1.807) is 0 Å². The predicted octanol–water partition coefficient (Wildman–Crippen LogP) is 3.42. The van der Waals surface area contributed by atoms with E-state index in [0.29, 0.717) is 24.3 Å². The minimum Gasteiger partial charge on any atom is -0.340 e. The van der Waals surface area contributed by atoms with Crippen molar-refractivity contribution in [3.63, 3.8) is 0 Å². The van der Waals surface area contributed by atoms with Crippen LogP contribution in [0.4, 0.5) is 0 Å². The maximum Gasteiger partial charge on any atom is 0.222 e. The third-order valence-corrected chi connectivity index (χ3v) is 4.50. The zero-order valence-corrected chi connectivity index (χ0v) is 13.9. The minimum atomic E-state index is 0.300. The number of hydrogen-bond donors (Lipinski definition) is 0. The fourth-order valence-corrected chi connectivity index (χ4v) is 3.21. The Labute approximate surface area is 132 Å². The number of likely N-dealkylation sites (tertiary alicyclic amines) is 1. The predicted molar refractivity (Wildman–Crippen MR) is 87.4 cm³/mol. The van der Waals surface area contributed by atoms with Crippen LogP contribution < -0.4 is 0 Å². The monoisotopic (exact) mass is 308 g/mol. The Balaban J connectivity index is 1.89. The molecule has 116 valence electrons. The molecule has 1 fully saturated rings. The van der Waals surface area contributed by atoms with E-state index >= 15 is 0 Å². The van der Waals surface area contributed by atoms with Gasteiger partial charge >= 0.3 is 0 Å². The lowest BCUT2D eigenvalue weighted by atomic mass is 9.96. The number of nitrogens with zero attached hydrogens (tertiary/aromatic N) is 2. The number of amides is 1. The lowest BCUT2D eigenvalue weighted by molar-refractivity contribution is -0.136. The van der Waals surface area contributed by atoms with Crippen molar-refractivity contribution in [2.45, 2.75) is 39.3 Å². The Bertz CT molecular complexity index is 489. The van der Waals surface area contributed by atoms with Crippen LogP contribution >= 0.6 is 11.6 Å². The molecule has 0 saturated carbocycles. The van der Waals surface area contributed by atoms with Gasteiger partial charge in [-0.05, 0) is 44.9 Å². The first-order valence-corrected chi connectivity index (χ1v) is 8.06. The van der Waals surface area contributed by atoms with Crippen molar-refractivity contribution in [2.75, 3.05) is 20.1 Å². The van der Waals surface area contributed by atoms with Crippen LogP contribution in [-0.2, 0) is 11.3 Å². The molecule has 2 rings (SSSR count). The summed E-state index contributed by atoms with van der Waals surface area (Å²) in [5, 5.41) is 0.826. The van der Waals surface area contributed by atoms with E-state index in [9.17, 15) is 4.79 Å². The molecule has 0 spiro atoms. The molecule has 0 N–H and O–H groups in total. The summed E-state index contributed by atoms with van der Waals surface area (Å²) in [6, 6.07) is 8.29. The van der Waals surface area contributed by atoms with Gasteiger partial charge in [-0.2, -0.15) is 0 Å². The second kappa shape index (κ2) is 7.28. The third-order valence-electron chi connectivity index (χ3n) is 4.13. The molecular formula is C17H25ClN2O. The van der Waals surface area contributed by atoms with Crippen LogP contribution in [0.15, 0.2) is 24.3 Å². The first-order valence-electron chi connectivity index (χ1n) is 7.68. The molecule has 0 aromatic heterocycles. The van der Waals surface area contributed by atoms with Gasteiger partial charge in [-0.3, -0.25) is 4.79 Å². The van der Waals surface area contributed by atoms with Gasteiger partial charge in [0.2, 0.25) is 5.91 Å². The second-order valence-electron chi connectivity index (χ2n) is 6.33. The Hall–Kier alpha value is -1.06. The first-order chi connectivity index (χ1) is 9.97. The van der Waals surface area contributed by atoms with Crippen molar-refractivity contribution < 1.29 is 4.79 Å². The zero-order valence-electron chi connectivity index (χ0n) is 13.2. The second-order valence-corrected chi connectivity index (χ2v) is 6.74. The van der Waals surface area contributed by atoms with E-state index in [4.69, 9.17) is 11.6 Å². The summed E-state index contributed by atoms with van der Waals surface area (Å²) in [7, 11) is 2.12. The maximum absolute atomic E-state index is 11.9. The molecule has 0 aliphatic carbocycles. The van der Waals surface area contributed by atoms with Crippen molar-refractivity contribution >= 4 is 17.5 Å². The molecule has 1 aromatic carbocycles. The van der Waals surface area contributed by atoms with Crippen LogP contribution in [0.3, 0.4) is 0 Å². The number of rotatable bonds is 5. The summed E-state index contributed by atoms with van der Waals surface area (Å²) in [6.07, 6.45) is 1.68. The molecule has 3 nitrogen and oxygen atoms in total. The maximum atomic E-state index is 11.9. The van der Waals surface area contributed by atoms with E-state index in [-0.39, 0.29) is 0 Å². The van der Waals surface area contributed by atoms with Crippen LogP contribution in [0, 0.1) is 5.92 Å². The molecule has 1 aliphatic heterocycles. The Morgan fingerprint density at radius 2 is 2.10 bits per heavy atom. The largest absolute Gasteiger partial charge is 0.340 e. The van der Waals surface area contributed by atoms with Crippen LogP contribution in [0.25, 0.3) is 0 Å². The molecule has 0 radical (unpaired) electrons. The highest BCUT2D eigenvalue weighted by atomic mass is 35.5. The average Bonchev–Trinajstić information content (AvgIpc) is 2.43. The molecule has 21 heavy (non-hydrogen) atoms. The van der Waals surface area contributed by atoms with Crippen molar-refractivity contribution in [3.05, 3.63) is 34.9 Å². The summed E-state index contributed by atoms with van der Waals surface area (Å²) < 4.78 is 0. The zero-order chi connectivity index (χ0) is 15.4. The molecule has 1 aliphatic rings. The van der Waals surface area contributed by atoms with Gasteiger partial charge < -0.3 is 9.80 Å². The lowest BCUT2D eigenvalue weighted by Crippen LogP contribution is -2.46. The standard InChI is InChI=1S/C17H25ClN2O/c1-13(2)20-11-14(8-9-17(20)21)10-19(3)12-15-6-4-5-7-16(15)18/h4-7,13-14H,8-12H2,1-3H3. The Kier molecular flexibility index (Phi) is 5.65. The first kappa shape index (κ1) is 16.3. The van der Waals surface area contributed by atoms with E-state index in [0.717, 1.165) is 36.6 Å². The smallest absolute Gasteiger partial charge is 0.222 e. The number of halogens is 1. The normalized spacial score (nSPS) is 19.6. The Morgan fingerprint density at radius 3 is 2.76 bits per heavy atom. The van der Waals surface area contributed by atoms with Crippen molar-refractivity contribution in [3.8, 4) is 0 Å². The number of carbonyl (C=O) groups is 1. The highest BCUT2D eigenvalue weighted by Crippen LogP contribution is 2.22. The van der Waals surface area contributed by atoms with Gasteiger partial charge in [-0.15, -0.1) is 0 Å².